The third kappa shape index (κ3) is 3.56. The van der Waals surface area contributed by atoms with E-state index >= 15 is 0 Å². The Bertz CT molecular complexity index is 390. The first-order valence-electron chi connectivity index (χ1n) is 5.50. The standard InChI is InChI=1S/C13H19NOS/c1-5-12(11-9-7-6-8-10-11)14-16(15)13(2,3)4/h6-10H,5H2,1-4H3/b14-12+. The van der Waals surface area contributed by atoms with Crippen LogP contribution in [0.1, 0.15) is 39.7 Å². The zero-order chi connectivity index (χ0) is 12.2. The van der Waals surface area contributed by atoms with Gasteiger partial charge in [0, 0.05) is 0 Å². The molecule has 0 aliphatic carbocycles. The molecule has 0 saturated heterocycles. The van der Waals surface area contributed by atoms with Crippen LogP contribution < -0.4 is 0 Å². The van der Waals surface area contributed by atoms with Crippen LogP contribution in [0.2, 0.25) is 0 Å². The summed E-state index contributed by atoms with van der Waals surface area (Å²) in [5.41, 5.74) is 1.97. The molecule has 0 aromatic heterocycles. The van der Waals surface area contributed by atoms with E-state index in [0.29, 0.717) is 0 Å². The van der Waals surface area contributed by atoms with Crippen molar-refractivity contribution in [3.63, 3.8) is 0 Å². The number of hydrogen-bond acceptors (Lipinski definition) is 1. The van der Waals surface area contributed by atoms with Crippen LogP contribution in [0.15, 0.2) is 34.7 Å². The Hall–Kier alpha value is -0.960. The van der Waals surface area contributed by atoms with Gasteiger partial charge in [-0.25, -0.2) is 4.21 Å². The SMILES string of the molecule is CC/C(=N\S(=O)C(C)(C)C)c1ccccc1. The van der Waals surface area contributed by atoms with Crippen molar-refractivity contribution in [1.82, 2.24) is 0 Å². The molecule has 0 amide bonds. The summed E-state index contributed by atoms with van der Waals surface area (Å²) in [5, 5.41) is 0. The van der Waals surface area contributed by atoms with Gasteiger partial charge in [0.25, 0.3) is 0 Å². The topological polar surface area (TPSA) is 29.4 Å². The summed E-state index contributed by atoms with van der Waals surface area (Å²) in [7, 11) is -1.18. The van der Waals surface area contributed by atoms with E-state index in [-0.39, 0.29) is 4.75 Å². The van der Waals surface area contributed by atoms with Crippen molar-refractivity contribution in [3.8, 4) is 0 Å². The fourth-order valence-corrected chi connectivity index (χ4v) is 1.90. The summed E-state index contributed by atoms with van der Waals surface area (Å²) in [6.45, 7) is 7.84. The van der Waals surface area contributed by atoms with Gasteiger partial charge in [0.15, 0.2) is 0 Å². The first-order chi connectivity index (χ1) is 7.45. The average Bonchev–Trinajstić information content (AvgIpc) is 2.25. The van der Waals surface area contributed by atoms with Gasteiger partial charge in [-0.3, -0.25) is 0 Å². The Balaban J connectivity index is 3.00. The summed E-state index contributed by atoms with van der Waals surface area (Å²) < 4.78 is 16.0. The third-order valence-corrected chi connectivity index (χ3v) is 3.59. The van der Waals surface area contributed by atoms with Crippen LogP contribution in [0.25, 0.3) is 0 Å². The van der Waals surface area contributed by atoms with E-state index in [9.17, 15) is 4.21 Å². The van der Waals surface area contributed by atoms with Crippen LogP contribution in [0, 0.1) is 0 Å². The van der Waals surface area contributed by atoms with Crippen molar-refractivity contribution in [2.24, 2.45) is 4.40 Å². The Morgan fingerprint density at radius 3 is 2.25 bits per heavy atom. The summed E-state index contributed by atoms with van der Waals surface area (Å²) in [6, 6.07) is 9.92. The number of hydrogen-bond donors (Lipinski definition) is 0. The summed E-state index contributed by atoms with van der Waals surface area (Å²) >= 11 is 0. The Morgan fingerprint density at radius 1 is 1.25 bits per heavy atom. The van der Waals surface area contributed by atoms with Crippen LogP contribution in [0.4, 0.5) is 0 Å². The summed E-state index contributed by atoms with van der Waals surface area (Å²) in [4.78, 5) is 0. The van der Waals surface area contributed by atoms with Gasteiger partial charge >= 0.3 is 0 Å². The van der Waals surface area contributed by atoms with Crippen LogP contribution in [0.3, 0.4) is 0 Å². The van der Waals surface area contributed by atoms with E-state index in [4.69, 9.17) is 0 Å². The average molecular weight is 237 g/mol. The van der Waals surface area contributed by atoms with Crippen molar-refractivity contribution >= 4 is 16.7 Å². The van der Waals surface area contributed by atoms with E-state index in [1.54, 1.807) is 0 Å². The van der Waals surface area contributed by atoms with Crippen molar-refractivity contribution in [2.45, 2.75) is 38.9 Å². The Morgan fingerprint density at radius 2 is 1.81 bits per heavy atom. The maximum absolute atomic E-state index is 11.9. The molecular formula is C13H19NOS. The molecule has 1 aromatic rings. The third-order valence-electron chi connectivity index (χ3n) is 2.16. The fourth-order valence-electron chi connectivity index (χ4n) is 1.19. The minimum absolute atomic E-state index is 0.296. The Kier molecular flexibility index (Phi) is 4.42. The molecule has 0 spiro atoms. The lowest BCUT2D eigenvalue weighted by Crippen LogP contribution is -2.21. The molecule has 0 radical (unpaired) electrons. The van der Waals surface area contributed by atoms with Crippen LogP contribution in [-0.4, -0.2) is 14.7 Å². The van der Waals surface area contributed by atoms with E-state index in [1.807, 2.05) is 58.0 Å². The molecule has 0 N–H and O–H groups in total. The second kappa shape index (κ2) is 5.39. The van der Waals surface area contributed by atoms with E-state index in [1.165, 1.54) is 0 Å². The Labute approximate surface area is 100 Å². The minimum Gasteiger partial charge on any atom is -0.234 e. The first-order valence-corrected chi connectivity index (χ1v) is 6.61. The molecule has 0 bridgehead atoms. The lowest BCUT2D eigenvalue weighted by molar-refractivity contribution is 0.650. The molecule has 0 aliphatic rings. The summed E-state index contributed by atoms with van der Waals surface area (Å²) in [5.74, 6) is 0. The van der Waals surface area contributed by atoms with Gasteiger partial charge < -0.3 is 0 Å². The van der Waals surface area contributed by atoms with E-state index in [0.717, 1.165) is 17.7 Å². The number of nitrogens with zero attached hydrogens (tertiary/aromatic N) is 1. The van der Waals surface area contributed by atoms with Crippen LogP contribution >= 0.6 is 0 Å². The molecule has 16 heavy (non-hydrogen) atoms. The lowest BCUT2D eigenvalue weighted by atomic mass is 10.1. The van der Waals surface area contributed by atoms with Crippen molar-refractivity contribution < 1.29 is 4.21 Å². The van der Waals surface area contributed by atoms with Crippen LogP contribution in [-0.2, 0) is 11.0 Å². The lowest BCUT2D eigenvalue weighted by Gasteiger charge is -2.14. The highest BCUT2D eigenvalue weighted by molar-refractivity contribution is 7.85. The fraction of sp³-hybridized carbons (Fsp3) is 0.462. The quantitative estimate of drug-likeness (QED) is 0.741. The van der Waals surface area contributed by atoms with Gasteiger partial charge in [0.2, 0.25) is 0 Å². The molecule has 3 heteroatoms. The smallest absolute Gasteiger partial charge is 0.145 e. The molecule has 0 fully saturated rings. The second-order valence-electron chi connectivity index (χ2n) is 4.62. The predicted octanol–water partition coefficient (Wildman–Crippen LogP) is 3.35. The van der Waals surface area contributed by atoms with Gasteiger partial charge in [-0.05, 0) is 32.8 Å². The second-order valence-corrected chi connectivity index (χ2v) is 6.52. The molecule has 1 atom stereocenters. The van der Waals surface area contributed by atoms with E-state index < -0.39 is 11.0 Å². The molecule has 0 aliphatic heterocycles. The molecule has 1 unspecified atom stereocenters. The van der Waals surface area contributed by atoms with Gasteiger partial charge in [0.1, 0.15) is 11.0 Å². The molecule has 1 rings (SSSR count). The van der Waals surface area contributed by atoms with Crippen molar-refractivity contribution in [2.75, 3.05) is 0 Å². The monoisotopic (exact) mass is 237 g/mol. The van der Waals surface area contributed by atoms with E-state index in [2.05, 4.69) is 4.40 Å². The predicted molar refractivity (Wildman–Crippen MR) is 71.2 cm³/mol. The van der Waals surface area contributed by atoms with Gasteiger partial charge in [-0.15, -0.1) is 0 Å². The highest BCUT2D eigenvalue weighted by Crippen LogP contribution is 2.15. The molecule has 1 aromatic carbocycles. The maximum atomic E-state index is 11.9. The molecular weight excluding hydrogens is 218 g/mol. The molecule has 2 nitrogen and oxygen atoms in total. The zero-order valence-corrected chi connectivity index (χ0v) is 11.2. The normalized spacial score (nSPS) is 14.9. The number of benzene rings is 1. The minimum atomic E-state index is -1.18. The first kappa shape index (κ1) is 13.1. The highest BCUT2D eigenvalue weighted by atomic mass is 32.2. The van der Waals surface area contributed by atoms with Gasteiger partial charge in [0.05, 0.1) is 10.5 Å². The highest BCUT2D eigenvalue weighted by Gasteiger charge is 2.19. The molecule has 0 saturated carbocycles. The van der Waals surface area contributed by atoms with Crippen molar-refractivity contribution in [1.29, 1.82) is 0 Å². The van der Waals surface area contributed by atoms with Gasteiger partial charge in [-0.2, -0.15) is 4.40 Å². The molecule has 88 valence electrons. The number of rotatable bonds is 3. The summed E-state index contributed by atoms with van der Waals surface area (Å²) in [6.07, 6.45) is 0.797. The van der Waals surface area contributed by atoms with Gasteiger partial charge in [-0.1, -0.05) is 37.3 Å². The van der Waals surface area contributed by atoms with Crippen LogP contribution in [0.5, 0.6) is 0 Å². The molecule has 0 heterocycles. The largest absolute Gasteiger partial charge is 0.234 e. The maximum Gasteiger partial charge on any atom is 0.145 e. The van der Waals surface area contributed by atoms with Crippen molar-refractivity contribution in [3.05, 3.63) is 35.9 Å². The zero-order valence-electron chi connectivity index (χ0n) is 10.4.